The van der Waals surface area contributed by atoms with E-state index >= 15 is 0 Å². The van der Waals surface area contributed by atoms with Crippen molar-refractivity contribution >= 4 is 10.8 Å². The lowest BCUT2D eigenvalue weighted by molar-refractivity contribution is 0.208. The highest BCUT2D eigenvalue weighted by Crippen LogP contribution is 2.29. The van der Waals surface area contributed by atoms with Gasteiger partial charge in [0, 0.05) is 9.80 Å². The Morgan fingerprint density at radius 3 is 2.21 bits per heavy atom. The molecule has 1 aromatic rings. The molecule has 0 saturated carbocycles. The van der Waals surface area contributed by atoms with Gasteiger partial charge < -0.3 is 5.11 Å². The van der Waals surface area contributed by atoms with Crippen LogP contribution in [0, 0.1) is 12.8 Å². The van der Waals surface area contributed by atoms with E-state index in [0.29, 0.717) is 0 Å². The normalized spacial score (nSPS) is 16.0. The standard InChI is InChI=1S/C21H34O2S/c1-5-8-10-18(7-3)21(16-19(22)11-9-6-2)24(23)20-14-12-17(4)13-15-20/h12-16,18-19,22H,5-11H2,1-4H3/b21-16-/t18-,19+,24?/m1/s1. The monoisotopic (exact) mass is 350 g/mol. The molecule has 1 N–H and O–H groups in total. The Hall–Kier alpha value is -0.930. The molecular weight excluding hydrogens is 316 g/mol. The number of allylic oxidation sites excluding steroid dienone is 1. The van der Waals surface area contributed by atoms with Crippen LogP contribution in [0.25, 0.3) is 0 Å². The largest absolute Gasteiger partial charge is 0.389 e. The number of aryl methyl sites for hydroxylation is 1. The summed E-state index contributed by atoms with van der Waals surface area (Å²) >= 11 is 0. The van der Waals surface area contributed by atoms with Crippen molar-refractivity contribution in [1.29, 1.82) is 0 Å². The highest BCUT2D eigenvalue weighted by atomic mass is 32.2. The second kappa shape index (κ2) is 11.6. The third-order valence-electron chi connectivity index (χ3n) is 4.46. The number of hydrogen-bond acceptors (Lipinski definition) is 2. The predicted molar refractivity (Wildman–Crippen MR) is 105 cm³/mol. The molecule has 24 heavy (non-hydrogen) atoms. The molecule has 0 aliphatic heterocycles. The molecule has 0 radical (unpaired) electrons. The van der Waals surface area contributed by atoms with Crippen molar-refractivity contribution in [2.24, 2.45) is 5.92 Å². The highest BCUT2D eigenvalue weighted by Gasteiger charge is 2.21. The summed E-state index contributed by atoms with van der Waals surface area (Å²) in [4.78, 5) is 1.75. The lowest BCUT2D eigenvalue weighted by Gasteiger charge is -2.20. The van der Waals surface area contributed by atoms with Gasteiger partial charge >= 0.3 is 0 Å². The van der Waals surface area contributed by atoms with Crippen molar-refractivity contribution in [2.75, 3.05) is 0 Å². The van der Waals surface area contributed by atoms with Crippen LogP contribution in [0.3, 0.4) is 0 Å². The van der Waals surface area contributed by atoms with E-state index in [2.05, 4.69) is 20.8 Å². The third kappa shape index (κ3) is 6.90. The Labute approximate surface area is 150 Å². The van der Waals surface area contributed by atoms with E-state index in [1.165, 1.54) is 5.56 Å². The van der Waals surface area contributed by atoms with Crippen molar-refractivity contribution in [3.8, 4) is 0 Å². The Morgan fingerprint density at radius 1 is 1.08 bits per heavy atom. The molecule has 1 unspecified atom stereocenters. The Morgan fingerprint density at radius 2 is 1.67 bits per heavy atom. The molecule has 1 rings (SSSR count). The van der Waals surface area contributed by atoms with Gasteiger partial charge in [0.1, 0.15) is 0 Å². The molecule has 2 nitrogen and oxygen atoms in total. The second-order valence-corrected chi connectivity index (χ2v) is 8.09. The molecule has 0 bridgehead atoms. The summed E-state index contributed by atoms with van der Waals surface area (Å²) in [5, 5.41) is 10.3. The van der Waals surface area contributed by atoms with Gasteiger partial charge in [0.25, 0.3) is 0 Å². The minimum atomic E-state index is -1.19. The summed E-state index contributed by atoms with van der Waals surface area (Å²) in [6.07, 6.45) is 8.46. The summed E-state index contributed by atoms with van der Waals surface area (Å²) < 4.78 is 13.2. The number of benzene rings is 1. The molecule has 0 saturated heterocycles. The number of unbranched alkanes of at least 4 members (excludes halogenated alkanes) is 2. The van der Waals surface area contributed by atoms with Crippen molar-refractivity contribution in [3.05, 3.63) is 40.8 Å². The van der Waals surface area contributed by atoms with Crippen molar-refractivity contribution in [3.63, 3.8) is 0 Å². The fraction of sp³-hybridized carbons (Fsp3) is 0.619. The maximum atomic E-state index is 13.2. The van der Waals surface area contributed by atoms with E-state index in [0.717, 1.165) is 54.7 Å². The Kier molecular flexibility index (Phi) is 10.2. The van der Waals surface area contributed by atoms with E-state index in [-0.39, 0.29) is 5.92 Å². The van der Waals surface area contributed by atoms with Crippen LogP contribution in [0.1, 0.15) is 71.3 Å². The molecule has 3 atom stereocenters. The molecule has 136 valence electrons. The van der Waals surface area contributed by atoms with Crippen molar-refractivity contribution < 1.29 is 9.32 Å². The first-order chi connectivity index (χ1) is 11.5. The smallest absolute Gasteiger partial charge is 0.0808 e. The van der Waals surface area contributed by atoms with E-state index < -0.39 is 16.9 Å². The van der Waals surface area contributed by atoms with Gasteiger partial charge in [0.15, 0.2) is 0 Å². The minimum Gasteiger partial charge on any atom is -0.389 e. The van der Waals surface area contributed by atoms with Crippen LogP contribution in [-0.2, 0) is 10.8 Å². The quantitative estimate of drug-likeness (QED) is 0.551. The lowest BCUT2D eigenvalue weighted by Crippen LogP contribution is -2.13. The lowest BCUT2D eigenvalue weighted by atomic mass is 9.97. The highest BCUT2D eigenvalue weighted by molar-refractivity contribution is 7.89. The number of rotatable bonds is 11. The molecule has 0 aliphatic carbocycles. The zero-order valence-electron chi connectivity index (χ0n) is 15.8. The van der Waals surface area contributed by atoms with Crippen LogP contribution in [-0.4, -0.2) is 15.4 Å². The van der Waals surface area contributed by atoms with Gasteiger partial charge in [-0.25, -0.2) is 4.21 Å². The molecule has 0 aromatic heterocycles. The van der Waals surface area contributed by atoms with Gasteiger partial charge in [-0.1, -0.05) is 64.2 Å². The van der Waals surface area contributed by atoms with Crippen molar-refractivity contribution in [2.45, 2.75) is 83.6 Å². The van der Waals surface area contributed by atoms with Crippen LogP contribution in [0.5, 0.6) is 0 Å². The van der Waals surface area contributed by atoms with Crippen LogP contribution in [0.4, 0.5) is 0 Å². The topological polar surface area (TPSA) is 37.3 Å². The zero-order valence-corrected chi connectivity index (χ0v) is 16.6. The van der Waals surface area contributed by atoms with Gasteiger partial charge in [-0.05, 0) is 50.3 Å². The minimum absolute atomic E-state index is 0.281. The SMILES string of the molecule is CCCC[C@@H](CC)/C(=C/[C@@H](O)CCCC)S(=O)c1ccc(C)cc1. The summed E-state index contributed by atoms with van der Waals surface area (Å²) in [5.74, 6) is 0.281. The van der Waals surface area contributed by atoms with Crippen LogP contribution in [0.15, 0.2) is 40.1 Å². The zero-order chi connectivity index (χ0) is 17.9. The fourth-order valence-electron chi connectivity index (χ4n) is 2.83. The van der Waals surface area contributed by atoms with Crippen molar-refractivity contribution in [1.82, 2.24) is 0 Å². The maximum Gasteiger partial charge on any atom is 0.0808 e. The van der Waals surface area contributed by atoms with Gasteiger partial charge in [0.05, 0.1) is 16.9 Å². The molecule has 1 aromatic carbocycles. The van der Waals surface area contributed by atoms with Crippen LogP contribution < -0.4 is 0 Å². The fourth-order valence-corrected chi connectivity index (χ4v) is 4.35. The summed E-state index contributed by atoms with van der Waals surface area (Å²) in [6.45, 7) is 8.49. The molecule has 3 heteroatoms. The molecule has 0 amide bonds. The van der Waals surface area contributed by atoms with Gasteiger partial charge in [0.2, 0.25) is 0 Å². The molecule has 0 fully saturated rings. The maximum absolute atomic E-state index is 13.2. The van der Waals surface area contributed by atoms with E-state index in [9.17, 15) is 9.32 Å². The predicted octanol–water partition coefficient (Wildman–Crippen LogP) is 5.75. The third-order valence-corrected chi connectivity index (χ3v) is 6.06. The molecule has 0 aliphatic rings. The summed E-state index contributed by atoms with van der Waals surface area (Å²) in [7, 11) is -1.19. The Balaban J connectivity index is 3.07. The molecular formula is C21H34O2S. The van der Waals surface area contributed by atoms with Gasteiger partial charge in [-0.15, -0.1) is 0 Å². The Bertz CT molecular complexity index is 519. The average molecular weight is 351 g/mol. The van der Waals surface area contributed by atoms with E-state index in [4.69, 9.17) is 0 Å². The van der Waals surface area contributed by atoms with E-state index in [1.54, 1.807) is 0 Å². The first-order valence-corrected chi connectivity index (χ1v) is 10.6. The first kappa shape index (κ1) is 21.1. The van der Waals surface area contributed by atoms with E-state index in [1.807, 2.05) is 37.3 Å². The summed E-state index contributed by atoms with van der Waals surface area (Å²) in [5.41, 5.74) is 1.17. The van der Waals surface area contributed by atoms with Crippen LogP contribution >= 0.6 is 0 Å². The first-order valence-electron chi connectivity index (χ1n) is 9.41. The average Bonchev–Trinajstić information content (AvgIpc) is 2.59. The molecule has 0 spiro atoms. The second-order valence-electron chi connectivity index (χ2n) is 6.61. The number of aliphatic hydroxyl groups is 1. The van der Waals surface area contributed by atoms with Gasteiger partial charge in [-0.2, -0.15) is 0 Å². The number of hydrogen-bond donors (Lipinski definition) is 1. The molecule has 0 heterocycles. The number of aliphatic hydroxyl groups excluding tert-OH is 1. The van der Waals surface area contributed by atoms with Gasteiger partial charge in [-0.3, -0.25) is 0 Å². The summed E-state index contributed by atoms with van der Waals surface area (Å²) in [6, 6.07) is 7.91. The van der Waals surface area contributed by atoms with Crippen LogP contribution in [0.2, 0.25) is 0 Å².